The van der Waals surface area contributed by atoms with Gasteiger partial charge in [-0.15, -0.1) is 0 Å². The molecule has 1 saturated carbocycles. The summed E-state index contributed by atoms with van der Waals surface area (Å²) in [7, 11) is 0. The number of nitrogens with one attached hydrogen (secondary N) is 1. The van der Waals surface area contributed by atoms with Gasteiger partial charge in [0, 0.05) is 19.1 Å². The molecule has 4 heterocycles. The summed E-state index contributed by atoms with van der Waals surface area (Å²) in [6, 6.07) is 2.08. The Morgan fingerprint density at radius 3 is 2.83 bits per heavy atom. The quantitative estimate of drug-likeness (QED) is 0.781. The highest BCUT2D eigenvalue weighted by atomic mass is 19.1. The first-order valence-electron chi connectivity index (χ1n) is 11.0. The second kappa shape index (κ2) is 7.38. The maximum absolute atomic E-state index is 15.4. The van der Waals surface area contributed by atoms with Gasteiger partial charge in [-0.25, -0.2) is 9.18 Å². The highest BCUT2D eigenvalue weighted by molar-refractivity contribution is 5.90. The lowest BCUT2D eigenvalue weighted by Crippen LogP contribution is -2.47. The zero-order valence-corrected chi connectivity index (χ0v) is 17.5. The van der Waals surface area contributed by atoms with Gasteiger partial charge < -0.3 is 15.0 Å². The van der Waals surface area contributed by atoms with Crippen LogP contribution in [0, 0.1) is 18.7 Å². The number of esters is 1. The van der Waals surface area contributed by atoms with E-state index in [2.05, 4.69) is 10.2 Å². The SMILES string of the molecule is CCOC(=O)c1cc(C2CC2)c2c(C)c(N3CC[C@@H]4CCN[C@@H]4C3)c(F)cn2c1=O. The van der Waals surface area contributed by atoms with Crippen molar-refractivity contribution in [3.05, 3.63) is 45.1 Å². The molecular formula is C23H28FN3O3. The van der Waals surface area contributed by atoms with E-state index in [4.69, 9.17) is 4.74 Å². The minimum atomic E-state index is -0.643. The summed E-state index contributed by atoms with van der Waals surface area (Å²) >= 11 is 0. The van der Waals surface area contributed by atoms with E-state index in [0.29, 0.717) is 23.6 Å². The van der Waals surface area contributed by atoms with Crippen molar-refractivity contribution in [3.8, 4) is 0 Å². The van der Waals surface area contributed by atoms with Crippen LogP contribution in [0.4, 0.5) is 10.1 Å². The van der Waals surface area contributed by atoms with Gasteiger partial charge in [0.2, 0.25) is 0 Å². The summed E-state index contributed by atoms with van der Waals surface area (Å²) in [5.41, 5.74) is 2.53. The first-order valence-corrected chi connectivity index (χ1v) is 11.0. The molecule has 0 aromatic carbocycles. The Morgan fingerprint density at radius 1 is 1.30 bits per heavy atom. The third-order valence-corrected chi connectivity index (χ3v) is 6.95. The van der Waals surface area contributed by atoms with Crippen molar-refractivity contribution in [3.63, 3.8) is 0 Å². The fraction of sp³-hybridized carbons (Fsp3) is 0.565. The summed E-state index contributed by atoms with van der Waals surface area (Å²) < 4.78 is 21.8. The Morgan fingerprint density at radius 2 is 2.10 bits per heavy atom. The van der Waals surface area contributed by atoms with E-state index >= 15 is 4.39 Å². The third kappa shape index (κ3) is 3.11. The highest BCUT2D eigenvalue weighted by Crippen LogP contribution is 2.44. The third-order valence-electron chi connectivity index (χ3n) is 6.95. The van der Waals surface area contributed by atoms with Gasteiger partial charge in [-0.2, -0.15) is 0 Å². The Labute approximate surface area is 175 Å². The number of piperidine rings is 1. The average Bonchev–Trinajstić information content (AvgIpc) is 3.46. The summed E-state index contributed by atoms with van der Waals surface area (Å²) in [6.45, 7) is 6.43. The molecule has 1 aliphatic carbocycles. The molecule has 2 atom stereocenters. The van der Waals surface area contributed by atoms with E-state index in [9.17, 15) is 9.59 Å². The maximum Gasteiger partial charge on any atom is 0.343 e. The molecule has 0 amide bonds. The van der Waals surface area contributed by atoms with E-state index in [1.807, 2.05) is 6.92 Å². The fourth-order valence-corrected chi connectivity index (χ4v) is 5.33. The number of anilines is 1. The van der Waals surface area contributed by atoms with Crippen molar-refractivity contribution in [1.29, 1.82) is 0 Å². The van der Waals surface area contributed by atoms with Crippen molar-refractivity contribution in [2.24, 2.45) is 5.92 Å². The minimum Gasteiger partial charge on any atom is -0.462 e. The number of ether oxygens (including phenoxy) is 1. The number of halogens is 1. The molecule has 2 saturated heterocycles. The van der Waals surface area contributed by atoms with Crippen LogP contribution in [-0.4, -0.2) is 42.7 Å². The maximum atomic E-state index is 15.4. The Balaban J connectivity index is 1.66. The molecule has 5 rings (SSSR count). The Bertz CT molecular complexity index is 1080. The summed E-state index contributed by atoms with van der Waals surface area (Å²) in [5, 5.41) is 3.54. The molecule has 160 valence electrons. The number of hydrogen-bond donors (Lipinski definition) is 1. The monoisotopic (exact) mass is 413 g/mol. The van der Waals surface area contributed by atoms with Crippen molar-refractivity contribution >= 4 is 17.2 Å². The molecular weight excluding hydrogens is 385 g/mol. The van der Waals surface area contributed by atoms with Gasteiger partial charge in [-0.3, -0.25) is 9.20 Å². The smallest absolute Gasteiger partial charge is 0.343 e. The predicted octanol–water partition coefficient (Wildman–Crippen LogP) is 2.99. The van der Waals surface area contributed by atoms with Gasteiger partial charge in [0.25, 0.3) is 5.56 Å². The Kier molecular flexibility index (Phi) is 4.81. The molecule has 2 aliphatic heterocycles. The van der Waals surface area contributed by atoms with Gasteiger partial charge in [0.05, 0.1) is 24.0 Å². The van der Waals surface area contributed by atoms with Crippen LogP contribution in [0.25, 0.3) is 5.52 Å². The van der Waals surface area contributed by atoms with E-state index in [-0.39, 0.29) is 12.2 Å². The van der Waals surface area contributed by atoms with Crippen LogP contribution in [0.5, 0.6) is 0 Å². The number of carbonyl (C=O) groups is 1. The largest absolute Gasteiger partial charge is 0.462 e. The van der Waals surface area contributed by atoms with Crippen LogP contribution in [0.1, 0.15) is 60.0 Å². The molecule has 2 aromatic heterocycles. The molecule has 0 bridgehead atoms. The van der Waals surface area contributed by atoms with Crippen molar-refractivity contribution in [2.75, 3.05) is 31.1 Å². The lowest BCUT2D eigenvalue weighted by atomic mass is 9.91. The van der Waals surface area contributed by atoms with Gasteiger partial charge in [0.15, 0.2) is 5.82 Å². The zero-order chi connectivity index (χ0) is 21.0. The molecule has 0 spiro atoms. The Hall–Kier alpha value is -2.41. The van der Waals surface area contributed by atoms with Crippen LogP contribution in [0.3, 0.4) is 0 Å². The number of fused-ring (bicyclic) bond motifs is 2. The lowest BCUT2D eigenvalue weighted by Gasteiger charge is -2.37. The number of aromatic nitrogens is 1. The van der Waals surface area contributed by atoms with E-state index < -0.39 is 17.3 Å². The fourth-order valence-electron chi connectivity index (χ4n) is 5.33. The van der Waals surface area contributed by atoms with Crippen LogP contribution in [0.2, 0.25) is 0 Å². The molecule has 3 aliphatic rings. The number of aryl methyl sites for hydroxylation is 1. The molecule has 2 aromatic rings. The summed E-state index contributed by atoms with van der Waals surface area (Å²) in [6.07, 6.45) is 5.53. The minimum absolute atomic E-state index is 0.0150. The van der Waals surface area contributed by atoms with Crippen LogP contribution < -0.4 is 15.8 Å². The van der Waals surface area contributed by atoms with Crippen molar-refractivity contribution in [1.82, 2.24) is 9.72 Å². The second-order valence-corrected chi connectivity index (χ2v) is 8.83. The van der Waals surface area contributed by atoms with Gasteiger partial charge >= 0.3 is 5.97 Å². The molecule has 7 heteroatoms. The van der Waals surface area contributed by atoms with Crippen LogP contribution in [0.15, 0.2) is 17.1 Å². The number of carbonyl (C=O) groups excluding carboxylic acids is 1. The average molecular weight is 413 g/mol. The summed E-state index contributed by atoms with van der Waals surface area (Å²) in [4.78, 5) is 27.5. The lowest BCUT2D eigenvalue weighted by molar-refractivity contribution is 0.0524. The molecule has 6 nitrogen and oxygen atoms in total. The highest BCUT2D eigenvalue weighted by Gasteiger charge is 2.35. The number of hydrogen-bond acceptors (Lipinski definition) is 5. The number of pyridine rings is 2. The normalized spacial score (nSPS) is 23.6. The summed E-state index contributed by atoms with van der Waals surface area (Å²) in [5.74, 6) is -0.0912. The molecule has 3 fully saturated rings. The molecule has 1 N–H and O–H groups in total. The first-order chi connectivity index (χ1) is 14.5. The van der Waals surface area contributed by atoms with Gasteiger partial charge in [-0.05, 0) is 75.1 Å². The van der Waals surface area contributed by atoms with Gasteiger partial charge in [-0.1, -0.05) is 0 Å². The molecule has 0 unspecified atom stereocenters. The molecule has 0 radical (unpaired) electrons. The first kappa shape index (κ1) is 19.5. The van der Waals surface area contributed by atoms with E-state index in [1.54, 1.807) is 13.0 Å². The van der Waals surface area contributed by atoms with E-state index in [0.717, 1.165) is 55.5 Å². The molecule has 30 heavy (non-hydrogen) atoms. The zero-order valence-electron chi connectivity index (χ0n) is 17.5. The predicted molar refractivity (Wildman–Crippen MR) is 113 cm³/mol. The van der Waals surface area contributed by atoms with E-state index in [1.165, 1.54) is 17.0 Å². The number of nitrogens with zero attached hydrogens (tertiary/aromatic N) is 2. The topological polar surface area (TPSA) is 63.1 Å². The van der Waals surface area contributed by atoms with Crippen molar-refractivity contribution in [2.45, 2.75) is 51.5 Å². The number of rotatable bonds is 4. The van der Waals surface area contributed by atoms with Crippen LogP contribution >= 0.6 is 0 Å². The standard InChI is InChI=1S/C23H28FN3O3/c1-3-30-23(29)17-10-16(14-4-5-14)20-13(2)21(18(24)11-27(20)22(17)28)26-9-7-15-6-8-25-19(15)12-26/h10-11,14-15,19,25H,3-9,12H2,1-2H3/t15-,19+/m0/s1. The van der Waals surface area contributed by atoms with Gasteiger partial charge in [0.1, 0.15) is 5.56 Å². The van der Waals surface area contributed by atoms with Crippen molar-refractivity contribution < 1.29 is 13.9 Å². The van der Waals surface area contributed by atoms with Crippen LogP contribution in [-0.2, 0) is 4.74 Å². The second-order valence-electron chi connectivity index (χ2n) is 8.83.